The van der Waals surface area contributed by atoms with Crippen molar-refractivity contribution < 1.29 is 9.50 Å². The predicted octanol–water partition coefficient (Wildman–Crippen LogP) is 0.251. The standard InChI is InChI=1S/C11H10FN3O3S/c1-15-11(13-9(17)10(18)14-15)19-8-6(5-16)3-2-4-7(8)12/h2-4,16H,5H2,1H3,(H,14,18). The highest BCUT2D eigenvalue weighted by atomic mass is 32.2. The van der Waals surface area contributed by atoms with Crippen LogP contribution in [-0.4, -0.2) is 19.9 Å². The number of H-pyrrole nitrogens is 1. The van der Waals surface area contributed by atoms with Crippen molar-refractivity contribution in [2.75, 3.05) is 0 Å². The predicted molar refractivity (Wildman–Crippen MR) is 66.5 cm³/mol. The Bertz CT molecular complexity index is 726. The van der Waals surface area contributed by atoms with Gasteiger partial charge in [0.1, 0.15) is 5.82 Å². The minimum atomic E-state index is -0.942. The molecule has 0 aliphatic heterocycles. The Morgan fingerprint density at radius 1 is 1.47 bits per heavy atom. The Morgan fingerprint density at radius 3 is 2.89 bits per heavy atom. The van der Waals surface area contributed by atoms with Crippen LogP contribution in [0.15, 0.2) is 37.8 Å². The van der Waals surface area contributed by atoms with Crippen molar-refractivity contribution in [2.45, 2.75) is 16.7 Å². The van der Waals surface area contributed by atoms with Gasteiger partial charge in [-0.15, -0.1) is 0 Å². The van der Waals surface area contributed by atoms with Gasteiger partial charge in [-0.3, -0.25) is 19.4 Å². The Morgan fingerprint density at radius 2 is 2.21 bits per heavy atom. The second kappa shape index (κ2) is 5.37. The van der Waals surface area contributed by atoms with Gasteiger partial charge in [-0.1, -0.05) is 12.1 Å². The normalized spacial score (nSPS) is 10.7. The average molecular weight is 283 g/mol. The summed E-state index contributed by atoms with van der Waals surface area (Å²) < 4.78 is 14.9. The van der Waals surface area contributed by atoms with Crippen LogP contribution in [-0.2, 0) is 13.7 Å². The Labute approximate surface area is 110 Å². The molecular formula is C11H10FN3O3S. The number of aliphatic hydroxyl groups excluding tert-OH is 1. The number of aliphatic hydroxyl groups is 1. The van der Waals surface area contributed by atoms with Crippen LogP contribution in [0.2, 0.25) is 0 Å². The van der Waals surface area contributed by atoms with Gasteiger partial charge in [0, 0.05) is 7.05 Å². The van der Waals surface area contributed by atoms with E-state index in [1.54, 1.807) is 6.07 Å². The van der Waals surface area contributed by atoms with Gasteiger partial charge in [0.25, 0.3) is 0 Å². The number of hydrogen-bond donors (Lipinski definition) is 2. The lowest BCUT2D eigenvalue weighted by Crippen LogP contribution is -2.33. The van der Waals surface area contributed by atoms with Crippen molar-refractivity contribution in [1.82, 2.24) is 14.8 Å². The summed E-state index contributed by atoms with van der Waals surface area (Å²) in [5.74, 6) is -0.531. The lowest BCUT2D eigenvalue weighted by atomic mass is 10.2. The number of nitrogens with zero attached hydrogens (tertiary/aromatic N) is 2. The summed E-state index contributed by atoms with van der Waals surface area (Å²) in [5.41, 5.74) is -1.41. The van der Waals surface area contributed by atoms with Crippen LogP contribution in [0.25, 0.3) is 0 Å². The minimum absolute atomic E-state index is 0.129. The summed E-state index contributed by atoms with van der Waals surface area (Å²) in [4.78, 5) is 26.0. The number of aromatic nitrogens is 3. The molecule has 0 unspecified atom stereocenters. The molecule has 0 radical (unpaired) electrons. The van der Waals surface area contributed by atoms with Gasteiger partial charge >= 0.3 is 11.1 Å². The van der Waals surface area contributed by atoms with Crippen molar-refractivity contribution >= 4 is 11.8 Å². The highest BCUT2D eigenvalue weighted by Gasteiger charge is 2.13. The monoisotopic (exact) mass is 283 g/mol. The first kappa shape index (κ1) is 13.5. The molecule has 0 amide bonds. The molecule has 0 spiro atoms. The molecule has 0 saturated carbocycles. The summed E-state index contributed by atoms with van der Waals surface area (Å²) in [6.45, 7) is -0.336. The van der Waals surface area contributed by atoms with Crippen molar-refractivity contribution in [1.29, 1.82) is 0 Å². The van der Waals surface area contributed by atoms with Gasteiger partial charge in [-0.25, -0.2) is 4.39 Å². The zero-order valence-electron chi connectivity index (χ0n) is 9.88. The van der Waals surface area contributed by atoms with E-state index >= 15 is 0 Å². The zero-order valence-corrected chi connectivity index (χ0v) is 10.7. The summed E-state index contributed by atoms with van der Waals surface area (Å²) >= 11 is 0.862. The Kier molecular flexibility index (Phi) is 3.82. The highest BCUT2D eigenvalue weighted by molar-refractivity contribution is 7.99. The van der Waals surface area contributed by atoms with Crippen LogP contribution in [0.5, 0.6) is 0 Å². The summed E-state index contributed by atoms with van der Waals surface area (Å²) in [7, 11) is 1.48. The molecule has 8 heteroatoms. The van der Waals surface area contributed by atoms with E-state index in [2.05, 4.69) is 10.1 Å². The van der Waals surface area contributed by atoms with Crippen molar-refractivity contribution in [3.05, 3.63) is 50.3 Å². The summed E-state index contributed by atoms with van der Waals surface area (Å²) in [6.07, 6.45) is 0. The smallest absolute Gasteiger partial charge is 0.339 e. The fourth-order valence-corrected chi connectivity index (χ4v) is 2.36. The SMILES string of the molecule is Cn1[nH]c(=O)c(=O)nc1Sc1c(F)cccc1CO. The van der Waals surface area contributed by atoms with Crippen molar-refractivity contribution in [3.63, 3.8) is 0 Å². The lowest BCUT2D eigenvalue weighted by Gasteiger charge is -2.09. The van der Waals surface area contributed by atoms with E-state index in [9.17, 15) is 14.0 Å². The van der Waals surface area contributed by atoms with E-state index in [4.69, 9.17) is 5.11 Å². The third-order valence-corrected chi connectivity index (χ3v) is 3.57. The van der Waals surface area contributed by atoms with Gasteiger partial charge in [0.05, 0.1) is 11.5 Å². The maximum atomic E-state index is 13.7. The number of rotatable bonds is 3. The van der Waals surface area contributed by atoms with E-state index in [0.29, 0.717) is 5.56 Å². The number of aryl methyl sites for hydroxylation is 1. The molecule has 0 bridgehead atoms. The first-order valence-electron chi connectivity index (χ1n) is 5.26. The maximum Gasteiger partial charge on any atom is 0.339 e. The molecule has 1 aromatic heterocycles. The number of halogens is 1. The molecule has 1 heterocycles. The van der Waals surface area contributed by atoms with Crippen LogP contribution >= 0.6 is 11.8 Å². The maximum absolute atomic E-state index is 13.7. The molecule has 0 fully saturated rings. The van der Waals surface area contributed by atoms with E-state index in [-0.39, 0.29) is 16.7 Å². The second-order valence-corrected chi connectivity index (χ2v) is 4.67. The number of aromatic amines is 1. The molecule has 6 nitrogen and oxygen atoms in total. The van der Waals surface area contributed by atoms with Crippen LogP contribution in [0.1, 0.15) is 5.56 Å². The molecule has 100 valence electrons. The topological polar surface area (TPSA) is 88.0 Å². The van der Waals surface area contributed by atoms with E-state index in [0.717, 1.165) is 11.8 Å². The molecule has 2 rings (SSSR count). The van der Waals surface area contributed by atoms with E-state index < -0.39 is 16.9 Å². The molecule has 2 N–H and O–H groups in total. The third-order valence-electron chi connectivity index (χ3n) is 2.36. The van der Waals surface area contributed by atoms with Gasteiger partial charge < -0.3 is 5.11 Å². The van der Waals surface area contributed by atoms with Gasteiger partial charge in [0.15, 0.2) is 5.16 Å². The number of nitrogens with one attached hydrogen (secondary N) is 1. The van der Waals surface area contributed by atoms with Gasteiger partial charge in [-0.2, -0.15) is 4.98 Å². The van der Waals surface area contributed by atoms with Crippen LogP contribution < -0.4 is 11.1 Å². The summed E-state index contributed by atoms with van der Waals surface area (Å²) in [6, 6.07) is 4.28. The highest BCUT2D eigenvalue weighted by Crippen LogP contribution is 2.30. The number of benzene rings is 1. The lowest BCUT2D eigenvalue weighted by molar-refractivity contribution is 0.277. The minimum Gasteiger partial charge on any atom is -0.392 e. The van der Waals surface area contributed by atoms with E-state index in [1.165, 1.54) is 23.9 Å². The molecule has 2 aromatic rings. The number of hydrogen-bond acceptors (Lipinski definition) is 5. The molecular weight excluding hydrogens is 273 g/mol. The molecule has 0 saturated heterocycles. The Hall–Kier alpha value is -1.93. The fourth-order valence-electron chi connectivity index (χ4n) is 1.44. The Balaban J connectivity index is 2.50. The second-order valence-electron chi connectivity index (χ2n) is 3.69. The largest absolute Gasteiger partial charge is 0.392 e. The van der Waals surface area contributed by atoms with Crippen LogP contribution in [0.3, 0.4) is 0 Å². The third kappa shape index (κ3) is 2.74. The van der Waals surface area contributed by atoms with Gasteiger partial charge in [0.2, 0.25) is 0 Å². The molecule has 19 heavy (non-hydrogen) atoms. The molecule has 0 aliphatic rings. The summed E-state index contributed by atoms with van der Waals surface area (Å²) in [5, 5.41) is 11.6. The average Bonchev–Trinajstić information content (AvgIpc) is 2.38. The fraction of sp³-hybridized carbons (Fsp3) is 0.182. The quantitative estimate of drug-likeness (QED) is 0.788. The van der Waals surface area contributed by atoms with Crippen LogP contribution in [0.4, 0.5) is 4.39 Å². The van der Waals surface area contributed by atoms with E-state index in [1.807, 2.05) is 0 Å². The van der Waals surface area contributed by atoms with Crippen molar-refractivity contribution in [3.8, 4) is 0 Å². The molecule has 1 aromatic carbocycles. The first-order valence-corrected chi connectivity index (χ1v) is 6.08. The van der Waals surface area contributed by atoms with Crippen molar-refractivity contribution in [2.24, 2.45) is 7.05 Å². The molecule has 0 atom stereocenters. The van der Waals surface area contributed by atoms with Gasteiger partial charge in [-0.05, 0) is 23.4 Å². The first-order chi connectivity index (χ1) is 9.02. The molecule has 0 aliphatic carbocycles. The van der Waals surface area contributed by atoms with Crippen LogP contribution in [0, 0.1) is 5.82 Å². The zero-order chi connectivity index (χ0) is 14.0.